The van der Waals surface area contributed by atoms with E-state index in [-0.39, 0.29) is 5.56 Å². The van der Waals surface area contributed by atoms with E-state index in [1.807, 2.05) is 0 Å². The first-order valence-corrected chi connectivity index (χ1v) is 6.54. The van der Waals surface area contributed by atoms with Gasteiger partial charge in [-0.2, -0.15) is 5.10 Å². The topological polar surface area (TPSA) is 109 Å². The molecule has 2 heterocycles. The second kappa shape index (κ2) is 6.04. The molecule has 1 aromatic carbocycles. The minimum Gasteiger partial charge on any atom is -0.493 e. The van der Waals surface area contributed by atoms with Gasteiger partial charge < -0.3 is 10.1 Å². The van der Waals surface area contributed by atoms with Crippen LogP contribution in [0, 0.1) is 0 Å². The Bertz CT molecular complexity index is 767. The van der Waals surface area contributed by atoms with Crippen molar-refractivity contribution in [1.29, 1.82) is 0 Å². The predicted molar refractivity (Wildman–Crippen MR) is 77.3 cm³/mol. The van der Waals surface area contributed by atoms with Gasteiger partial charge in [0.15, 0.2) is 0 Å². The molecule has 0 unspecified atom stereocenters. The summed E-state index contributed by atoms with van der Waals surface area (Å²) in [5.41, 5.74) is 0.608. The van der Waals surface area contributed by atoms with Crippen molar-refractivity contribution in [3.8, 4) is 5.75 Å². The van der Waals surface area contributed by atoms with E-state index >= 15 is 0 Å². The molecule has 0 amide bonds. The van der Waals surface area contributed by atoms with E-state index in [9.17, 15) is 4.79 Å². The van der Waals surface area contributed by atoms with Crippen LogP contribution in [0.3, 0.4) is 0 Å². The quantitative estimate of drug-likeness (QED) is 0.581. The molecule has 0 fully saturated rings. The zero-order chi connectivity index (χ0) is 14.5. The Morgan fingerprint density at radius 1 is 1.24 bits per heavy atom. The number of anilines is 1. The lowest BCUT2D eigenvalue weighted by atomic mass is 10.2. The highest BCUT2D eigenvalue weighted by molar-refractivity contribution is 5.79. The lowest BCUT2D eigenvalue weighted by Gasteiger charge is -2.06. The van der Waals surface area contributed by atoms with Crippen molar-refractivity contribution in [2.24, 2.45) is 0 Å². The number of aromatic amines is 2. The van der Waals surface area contributed by atoms with Crippen LogP contribution in [0.4, 0.5) is 5.95 Å². The number of nitrogens with zero attached hydrogens (tertiary/aromatic N) is 3. The van der Waals surface area contributed by atoms with Crippen LogP contribution in [0.15, 0.2) is 35.4 Å². The number of ether oxygens (including phenoxy) is 1. The number of aromatic nitrogens is 5. The molecule has 2 aromatic heterocycles. The Kier molecular flexibility index (Phi) is 3.77. The summed E-state index contributed by atoms with van der Waals surface area (Å²) in [4.78, 5) is 15.4. The van der Waals surface area contributed by atoms with Crippen LogP contribution < -0.4 is 15.6 Å². The molecule has 0 bridgehead atoms. The average molecular weight is 286 g/mol. The van der Waals surface area contributed by atoms with Gasteiger partial charge in [0.05, 0.1) is 29.9 Å². The van der Waals surface area contributed by atoms with Gasteiger partial charge in [0, 0.05) is 12.6 Å². The van der Waals surface area contributed by atoms with E-state index in [1.165, 1.54) is 6.20 Å². The van der Waals surface area contributed by atoms with Gasteiger partial charge >= 0.3 is 0 Å². The molecule has 8 nitrogen and oxygen atoms in total. The van der Waals surface area contributed by atoms with Crippen molar-refractivity contribution in [2.45, 2.75) is 6.42 Å². The molecule has 0 aliphatic heterocycles. The average Bonchev–Trinajstić information content (AvgIpc) is 2.89. The summed E-state index contributed by atoms with van der Waals surface area (Å²) >= 11 is 0. The molecule has 21 heavy (non-hydrogen) atoms. The van der Waals surface area contributed by atoms with Crippen molar-refractivity contribution in [2.75, 3.05) is 18.5 Å². The number of rotatable bonds is 6. The third-order valence-electron chi connectivity index (χ3n) is 2.90. The molecule has 0 aliphatic rings. The maximum atomic E-state index is 11.4. The second-order valence-corrected chi connectivity index (χ2v) is 4.38. The summed E-state index contributed by atoms with van der Waals surface area (Å²) in [6.45, 7) is 1.24. The van der Waals surface area contributed by atoms with Crippen molar-refractivity contribution < 1.29 is 4.74 Å². The summed E-state index contributed by atoms with van der Waals surface area (Å²) in [7, 11) is 0. The van der Waals surface area contributed by atoms with E-state index in [1.54, 1.807) is 24.4 Å². The van der Waals surface area contributed by atoms with E-state index in [0.29, 0.717) is 24.5 Å². The third-order valence-corrected chi connectivity index (χ3v) is 2.90. The molecule has 0 saturated heterocycles. The fourth-order valence-corrected chi connectivity index (χ4v) is 1.90. The standard InChI is InChI=1S/C13H14N6O2/c20-12-10-3-2-9(8-11(10)17-18-12)21-7-1-4-14-13-15-5-6-16-19-13/h2-3,5-6,8H,1,4,7H2,(H,14,15,19)(H2,17,18,20). The normalized spacial score (nSPS) is 10.7. The molecule has 0 radical (unpaired) electrons. The summed E-state index contributed by atoms with van der Waals surface area (Å²) in [6.07, 6.45) is 3.90. The molecule has 0 atom stereocenters. The van der Waals surface area contributed by atoms with Gasteiger partial charge in [-0.3, -0.25) is 15.0 Å². The van der Waals surface area contributed by atoms with Crippen LogP contribution in [0.25, 0.3) is 10.9 Å². The van der Waals surface area contributed by atoms with Gasteiger partial charge in [0.1, 0.15) is 5.75 Å². The van der Waals surface area contributed by atoms with Crippen molar-refractivity contribution in [3.05, 3.63) is 40.9 Å². The van der Waals surface area contributed by atoms with Crippen LogP contribution in [-0.2, 0) is 0 Å². The summed E-state index contributed by atoms with van der Waals surface area (Å²) in [5.74, 6) is 1.22. The fourth-order valence-electron chi connectivity index (χ4n) is 1.90. The fraction of sp³-hybridized carbons (Fsp3) is 0.231. The Balaban J connectivity index is 1.47. The van der Waals surface area contributed by atoms with Crippen molar-refractivity contribution >= 4 is 16.9 Å². The molecule has 3 rings (SSSR count). The molecular formula is C13H14N6O2. The third kappa shape index (κ3) is 3.16. The number of benzene rings is 1. The zero-order valence-corrected chi connectivity index (χ0v) is 11.2. The molecule has 0 aliphatic carbocycles. The van der Waals surface area contributed by atoms with E-state index in [0.717, 1.165) is 17.7 Å². The second-order valence-electron chi connectivity index (χ2n) is 4.38. The summed E-state index contributed by atoms with van der Waals surface area (Å²) in [6, 6.07) is 5.32. The Labute approximate surface area is 119 Å². The van der Waals surface area contributed by atoms with Crippen LogP contribution in [0.1, 0.15) is 6.42 Å². The lowest BCUT2D eigenvalue weighted by Crippen LogP contribution is -2.09. The van der Waals surface area contributed by atoms with Gasteiger partial charge in [-0.25, -0.2) is 4.98 Å². The molecule has 8 heteroatoms. The Morgan fingerprint density at radius 2 is 2.19 bits per heavy atom. The van der Waals surface area contributed by atoms with E-state index in [2.05, 4.69) is 30.7 Å². The monoisotopic (exact) mass is 286 g/mol. The van der Waals surface area contributed by atoms with Gasteiger partial charge in [-0.05, 0) is 18.6 Å². The highest BCUT2D eigenvalue weighted by Crippen LogP contribution is 2.16. The first kappa shape index (κ1) is 13.1. The van der Waals surface area contributed by atoms with Crippen LogP contribution >= 0.6 is 0 Å². The number of hydrogen-bond acceptors (Lipinski definition) is 6. The van der Waals surface area contributed by atoms with Gasteiger partial charge in [0.2, 0.25) is 5.95 Å². The van der Waals surface area contributed by atoms with Crippen LogP contribution in [0.2, 0.25) is 0 Å². The lowest BCUT2D eigenvalue weighted by molar-refractivity contribution is 0.315. The Hall–Kier alpha value is -2.90. The van der Waals surface area contributed by atoms with Crippen LogP contribution in [0.5, 0.6) is 5.75 Å². The SMILES string of the molecule is O=c1[nH][nH]c2cc(OCCCNc3nccnn3)ccc12. The molecule has 0 saturated carbocycles. The number of fused-ring (bicyclic) bond motifs is 1. The Morgan fingerprint density at radius 3 is 3.05 bits per heavy atom. The van der Waals surface area contributed by atoms with Crippen LogP contribution in [-0.4, -0.2) is 38.5 Å². The first-order valence-electron chi connectivity index (χ1n) is 6.54. The van der Waals surface area contributed by atoms with E-state index in [4.69, 9.17) is 4.74 Å². The first-order chi connectivity index (χ1) is 10.3. The zero-order valence-electron chi connectivity index (χ0n) is 11.2. The molecule has 3 N–H and O–H groups in total. The molecular weight excluding hydrogens is 272 g/mol. The number of hydrogen-bond donors (Lipinski definition) is 3. The van der Waals surface area contributed by atoms with Gasteiger partial charge in [-0.15, -0.1) is 5.10 Å². The minimum atomic E-state index is -0.128. The molecule has 0 spiro atoms. The van der Waals surface area contributed by atoms with Crippen molar-refractivity contribution in [3.63, 3.8) is 0 Å². The number of H-pyrrole nitrogens is 2. The molecule has 3 aromatic rings. The molecule has 108 valence electrons. The van der Waals surface area contributed by atoms with E-state index < -0.39 is 0 Å². The summed E-state index contributed by atoms with van der Waals surface area (Å²) < 4.78 is 5.63. The minimum absolute atomic E-state index is 0.128. The maximum absolute atomic E-state index is 11.4. The van der Waals surface area contributed by atoms with Crippen molar-refractivity contribution in [1.82, 2.24) is 25.4 Å². The highest BCUT2D eigenvalue weighted by Gasteiger charge is 2.02. The maximum Gasteiger partial charge on any atom is 0.271 e. The van der Waals surface area contributed by atoms with Gasteiger partial charge in [-0.1, -0.05) is 0 Å². The predicted octanol–water partition coefficient (Wildman–Crippen LogP) is 0.922. The number of nitrogens with one attached hydrogen (secondary N) is 3. The smallest absolute Gasteiger partial charge is 0.271 e. The largest absolute Gasteiger partial charge is 0.493 e. The highest BCUT2D eigenvalue weighted by atomic mass is 16.5. The summed E-state index contributed by atoms with van der Waals surface area (Å²) in [5, 5.41) is 16.5. The van der Waals surface area contributed by atoms with Gasteiger partial charge in [0.25, 0.3) is 5.56 Å².